The summed E-state index contributed by atoms with van der Waals surface area (Å²) >= 11 is 0. The lowest BCUT2D eigenvalue weighted by Crippen LogP contribution is -2.55. The summed E-state index contributed by atoms with van der Waals surface area (Å²) in [6.45, 7) is 5.49. The molecule has 0 unspecified atom stereocenters. The van der Waals surface area contributed by atoms with Gasteiger partial charge in [-0.3, -0.25) is 4.79 Å². The number of amides is 1. The Labute approximate surface area is 193 Å². The van der Waals surface area contributed by atoms with E-state index in [1.54, 1.807) is 12.1 Å². The summed E-state index contributed by atoms with van der Waals surface area (Å²) in [4.78, 5) is 19.9. The van der Waals surface area contributed by atoms with Crippen LogP contribution < -0.4 is 11.1 Å². The number of benzene rings is 2. The first-order chi connectivity index (χ1) is 15.8. The van der Waals surface area contributed by atoms with Crippen molar-refractivity contribution in [1.29, 1.82) is 0 Å². The van der Waals surface area contributed by atoms with Gasteiger partial charge < -0.3 is 20.5 Å². The van der Waals surface area contributed by atoms with Crippen LogP contribution in [0.3, 0.4) is 0 Å². The molecule has 7 heteroatoms. The molecule has 33 heavy (non-hydrogen) atoms. The van der Waals surface area contributed by atoms with Gasteiger partial charge in [-0.2, -0.15) is 0 Å². The molecule has 2 aromatic carbocycles. The zero-order valence-electron chi connectivity index (χ0n) is 19.1. The molecule has 172 valence electrons. The van der Waals surface area contributed by atoms with Crippen molar-refractivity contribution >= 4 is 17.4 Å². The molecule has 1 fully saturated rings. The quantitative estimate of drug-likeness (QED) is 0.579. The number of carbonyl (C=O) groups excluding carboxylic acids is 1. The number of aromatic nitrogens is 2. The molecule has 1 amide bonds. The molecule has 1 atom stereocenters. The number of hydrogen-bond acceptors (Lipinski definition) is 4. The minimum absolute atomic E-state index is 0.0139. The van der Waals surface area contributed by atoms with Crippen LogP contribution in [-0.2, 0) is 17.9 Å². The number of hydrogen-bond donors (Lipinski definition) is 2. The van der Waals surface area contributed by atoms with Gasteiger partial charge in [0.15, 0.2) is 0 Å². The minimum Gasteiger partial charge on any atom is -0.340 e. The first kappa shape index (κ1) is 21.6. The number of rotatable bonds is 6. The van der Waals surface area contributed by atoms with Crippen LogP contribution in [-0.4, -0.2) is 32.4 Å². The highest BCUT2D eigenvalue weighted by Gasteiger charge is 2.39. The molecule has 5 rings (SSSR count). The zero-order valence-corrected chi connectivity index (χ0v) is 19.1. The second kappa shape index (κ2) is 8.30. The Bertz CT molecular complexity index is 1160. The average molecular weight is 448 g/mol. The van der Waals surface area contributed by atoms with Gasteiger partial charge in [-0.15, -0.1) is 0 Å². The monoisotopic (exact) mass is 447 g/mol. The van der Waals surface area contributed by atoms with E-state index in [1.165, 1.54) is 30.5 Å². The van der Waals surface area contributed by atoms with E-state index in [4.69, 9.17) is 10.7 Å². The maximum Gasteiger partial charge on any atom is 0.242 e. The Morgan fingerprint density at radius 1 is 1.15 bits per heavy atom. The van der Waals surface area contributed by atoms with Crippen molar-refractivity contribution in [3.8, 4) is 11.3 Å². The summed E-state index contributed by atoms with van der Waals surface area (Å²) < 4.78 is 15.7. The number of halogens is 1. The molecular formula is C26H30FN5O. The van der Waals surface area contributed by atoms with E-state index in [0.717, 1.165) is 35.0 Å². The topological polar surface area (TPSA) is 76.2 Å². The third-order valence-corrected chi connectivity index (χ3v) is 6.59. The van der Waals surface area contributed by atoms with E-state index in [0.29, 0.717) is 25.6 Å². The van der Waals surface area contributed by atoms with Crippen LogP contribution in [0.2, 0.25) is 0 Å². The number of nitrogens with zero attached hydrogens (tertiary/aromatic N) is 3. The molecule has 0 saturated heterocycles. The van der Waals surface area contributed by atoms with Crippen molar-refractivity contribution in [2.75, 3.05) is 11.9 Å². The first-order valence-electron chi connectivity index (χ1n) is 11.6. The van der Waals surface area contributed by atoms with Crippen molar-refractivity contribution in [2.45, 2.75) is 51.7 Å². The third-order valence-electron chi connectivity index (χ3n) is 6.59. The Hall–Kier alpha value is -3.19. The maximum atomic E-state index is 13.6. The second-order valence-corrected chi connectivity index (χ2v) is 9.67. The van der Waals surface area contributed by atoms with Crippen molar-refractivity contribution in [1.82, 2.24) is 14.5 Å². The largest absolute Gasteiger partial charge is 0.340 e. The highest BCUT2D eigenvalue weighted by molar-refractivity contribution is 5.86. The molecule has 6 nitrogen and oxygen atoms in total. The van der Waals surface area contributed by atoms with Crippen molar-refractivity contribution in [3.63, 3.8) is 0 Å². The van der Waals surface area contributed by atoms with Gasteiger partial charge in [0, 0.05) is 24.3 Å². The van der Waals surface area contributed by atoms with Crippen LogP contribution in [0.15, 0.2) is 48.5 Å². The lowest BCUT2D eigenvalue weighted by atomic mass is 9.94. The summed E-state index contributed by atoms with van der Waals surface area (Å²) in [7, 11) is 0. The molecule has 1 aliphatic carbocycles. The Morgan fingerprint density at radius 3 is 2.52 bits per heavy atom. The van der Waals surface area contributed by atoms with Crippen molar-refractivity contribution in [2.24, 2.45) is 11.7 Å². The molecule has 1 saturated carbocycles. The Kier molecular flexibility index (Phi) is 5.44. The van der Waals surface area contributed by atoms with Crippen LogP contribution in [0.25, 0.3) is 11.3 Å². The molecule has 3 N–H and O–H groups in total. The molecule has 0 spiro atoms. The summed E-state index contributed by atoms with van der Waals surface area (Å²) in [5, 5.41) is 3.51. The number of nitrogens with two attached hydrogens (primary N) is 1. The lowest BCUT2D eigenvalue weighted by Gasteiger charge is -2.34. The smallest absolute Gasteiger partial charge is 0.242 e. The van der Waals surface area contributed by atoms with E-state index >= 15 is 0 Å². The summed E-state index contributed by atoms with van der Waals surface area (Å²) in [6.07, 6.45) is 3.07. The molecule has 0 radical (unpaired) electrons. The Morgan fingerprint density at radius 2 is 1.85 bits per heavy atom. The molecule has 2 aliphatic rings. The molecular weight excluding hydrogens is 417 g/mol. The normalized spacial score (nSPS) is 17.4. The van der Waals surface area contributed by atoms with Crippen LogP contribution in [0.4, 0.5) is 15.9 Å². The minimum atomic E-state index is -0.849. The van der Waals surface area contributed by atoms with Gasteiger partial charge >= 0.3 is 0 Å². The van der Waals surface area contributed by atoms with Gasteiger partial charge in [0.05, 0.1) is 12.1 Å². The first-order valence-corrected chi connectivity index (χ1v) is 11.6. The van der Waals surface area contributed by atoms with E-state index in [9.17, 15) is 9.18 Å². The Balaban J connectivity index is 1.47. The van der Waals surface area contributed by atoms with Gasteiger partial charge in [0.1, 0.15) is 23.2 Å². The standard InChI is InChI=1S/C26H30FN5O/c1-17-3-11-21(12-4-17)29-24-23(19-7-9-20(27)10-8-19)30-22-16-31(13-14-32(22)24)25(33)26(2,28)15-18-5-6-18/h3-4,7-12,18,29H,5-6,13-16,28H2,1-2H3/t26-/m1/s1. The SMILES string of the molecule is Cc1ccc(Nc2c(-c3ccc(F)cc3)nc3n2CCN(C(=O)[C@](C)(N)CC2CC2)C3)cc1. The van der Waals surface area contributed by atoms with E-state index in [1.807, 2.05) is 24.0 Å². The fraction of sp³-hybridized carbons (Fsp3) is 0.385. The van der Waals surface area contributed by atoms with Crippen LogP contribution in [0.5, 0.6) is 0 Å². The highest BCUT2D eigenvalue weighted by Crippen LogP contribution is 2.37. The molecule has 3 aromatic rings. The van der Waals surface area contributed by atoms with Gasteiger partial charge in [-0.1, -0.05) is 30.5 Å². The predicted octanol–water partition coefficient (Wildman–Crippen LogP) is 4.60. The van der Waals surface area contributed by atoms with Crippen LogP contribution in [0, 0.1) is 18.7 Å². The van der Waals surface area contributed by atoms with Crippen LogP contribution >= 0.6 is 0 Å². The number of fused-ring (bicyclic) bond motifs is 1. The molecule has 0 bridgehead atoms. The maximum absolute atomic E-state index is 13.6. The highest BCUT2D eigenvalue weighted by atomic mass is 19.1. The van der Waals surface area contributed by atoms with Crippen LogP contribution in [0.1, 0.15) is 37.6 Å². The van der Waals surface area contributed by atoms with Crippen molar-refractivity contribution < 1.29 is 9.18 Å². The van der Waals surface area contributed by atoms with E-state index in [-0.39, 0.29) is 11.7 Å². The van der Waals surface area contributed by atoms with Gasteiger partial charge in [0.2, 0.25) is 5.91 Å². The fourth-order valence-corrected chi connectivity index (χ4v) is 4.58. The third kappa shape index (κ3) is 4.50. The number of imidazole rings is 1. The number of aryl methyl sites for hydroxylation is 1. The molecule has 1 aliphatic heterocycles. The van der Waals surface area contributed by atoms with Gasteiger partial charge in [-0.25, -0.2) is 9.37 Å². The zero-order chi connectivity index (χ0) is 23.2. The average Bonchev–Trinajstić information content (AvgIpc) is 3.53. The molecule has 1 aromatic heterocycles. The number of carbonyl (C=O) groups is 1. The lowest BCUT2D eigenvalue weighted by molar-refractivity contribution is -0.138. The van der Waals surface area contributed by atoms with Gasteiger partial charge in [-0.05, 0) is 62.6 Å². The molecule has 2 heterocycles. The fourth-order valence-electron chi connectivity index (χ4n) is 4.58. The second-order valence-electron chi connectivity index (χ2n) is 9.67. The summed E-state index contributed by atoms with van der Waals surface area (Å²) in [5.41, 5.74) is 9.29. The van der Waals surface area contributed by atoms with E-state index < -0.39 is 5.54 Å². The number of nitrogens with one attached hydrogen (secondary N) is 1. The van der Waals surface area contributed by atoms with Gasteiger partial charge in [0.25, 0.3) is 0 Å². The predicted molar refractivity (Wildman–Crippen MR) is 127 cm³/mol. The summed E-state index contributed by atoms with van der Waals surface area (Å²) in [5.74, 6) is 1.92. The number of anilines is 2. The van der Waals surface area contributed by atoms with E-state index in [2.05, 4.69) is 28.9 Å². The summed E-state index contributed by atoms with van der Waals surface area (Å²) in [6, 6.07) is 14.5. The van der Waals surface area contributed by atoms with Crippen molar-refractivity contribution in [3.05, 3.63) is 65.7 Å².